The summed E-state index contributed by atoms with van der Waals surface area (Å²) in [5, 5.41) is 6.68. The van der Waals surface area contributed by atoms with Gasteiger partial charge in [0.25, 0.3) is 17.4 Å². The van der Waals surface area contributed by atoms with Crippen LogP contribution in [0.4, 0.5) is 0 Å². The van der Waals surface area contributed by atoms with Gasteiger partial charge in [-0.3, -0.25) is 9.59 Å². The number of aryl methyl sites for hydroxylation is 2. The van der Waals surface area contributed by atoms with Gasteiger partial charge in [0.05, 0.1) is 0 Å². The van der Waals surface area contributed by atoms with Gasteiger partial charge >= 0.3 is 0 Å². The second-order valence-corrected chi connectivity index (χ2v) is 6.78. The molecular formula is C18H22N4O4. The van der Waals surface area contributed by atoms with Crippen LogP contribution in [0.25, 0.3) is 0 Å². The minimum atomic E-state index is -0.373. The molecule has 1 saturated heterocycles. The molecule has 1 aliphatic carbocycles. The molecular weight excluding hydrogens is 336 g/mol. The maximum Gasteiger partial charge on any atom is 0.261 e. The highest BCUT2D eigenvalue weighted by Crippen LogP contribution is 2.26. The zero-order chi connectivity index (χ0) is 17.9. The van der Waals surface area contributed by atoms with Gasteiger partial charge in [0.2, 0.25) is 0 Å². The molecule has 8 nitrogen and oxygen atoms in total. The first-order valence-corrected chi connectivity index (χ1v) is 9.18. The number of aromatic nitrogens is 3. The van der Waals surface area contributed by atoms with Crippen LogP contribution < -0.4 is 10.9 Å². The summed E-state index contributed by atoms with van der Waals surface area (Å²) in [4.78, 5) is 31.7. The highest BCUT2D eigenvalue weighted by atomic mass is 16.5. The molecule has 1 amide bonds. The fraction of sp³-hybridized carbons (Fsp3) is 0.556. The summed E-state index contributed by atoms with van der Waals surface area (Å²) in [6.45, 7) is 1.05. The lowest BCUT2D eigenvalue weighted by molar-refractivity contribution is 0.0835. The van der Waals surface area contributed by atoms with E-state index < -0.39 is 0 Å². The lowest BCUT2D eigenvalue weighted by Gasteiger charge is -2.15. The number of H-pyrrole nitrogens is 1. The lowest BCUT2D eigenvalue weighted by Crippen LogP contribution is -2.32. The Morgan fingerprint density at radius 2 is 2.19 bits per heavy atom. The minimum absolute atomic E-state index is 0.111. The predicted molar refractivity (Wildman–Crippen MR) is 92.0 cm³/mol. The molecule has 1 fully saturated rings. The van der Waals surface area contributed by atoms with Gasteiger partial charge in [-0.05, 0) is 50.2 Å². The van der Waals surface area contributed by atoms with E-state index in [9.17, 15) is 9.59 Å². The van der Waals surface area contributed by atoms with Crippen LogP contribution in [-0.2, 0) is 24.0 Å². The van der Waals surface area contributed by atoms with Crippen molar-refractivity contribution < 1.29 is 14.1 Å². The molecule has 1 atom stereocenters. The largest absolute Gasteiger partial charge is 0.368 e. The van der Waals surface area contributed by atoms with E-state index in [4.69, 9.17) is 9.26 Å². The van der Waals surface area contributed by atoms with Crippen molar-refractivity contribution in [2.45, 2.75) is 51.0 Å². The summed E-state index contributed by atoms with van der Waals surface area (Å²) in [7, 11) is 0. The van der Waals surface area contributed by atoms with Crippen LogP contribution in [0, 0.1) is 0 Å². The van der Waals surface area contributed by atoms with Crippen LogP contribution in [0.15, 0.2) is 15.4 Å². The quantitative estimate of drug-likeness (QED) is 0.837. The summed E-state index contributed by atoms with van der Waals surface area (Å²) in [6, 6.07) is 1.73. The molecule has 2 N–H and O–H groups in total. The van der Waals surface area contributed by atoms with E-state index in [0.717, 1.165) is 49.8 Å². The second-order valence-electron chi connectivity index (χ2n) is 6.78. The summed E-state index contributed by atoms with van der Waals surface area (Å²) < 4.78 is 10.7. The van der Waals surface area contributed by atoms with Crippen LogP contribution in [0.5, 0.6) is 0 Å². The highest BCUT2D eigenvalue weighted by Gasteiger charge is 2.24. The number of hydrogen-bond acceptors (Lipinski definition) is 6. The van der Waals surface area contributed by atoms with Crippen molar-refractivity contribution in [3.8, 4) is 0 Å². The number of carbonyl (C=O) groups excluding carboxylic acids is 1. The Kier molecular flexibility index (Phi) is 4.83. The number of pyridine rings is 1. The summed E-state index contributed by atoms with van der Waals surface area (Å²) >= 11 is 0. The van der Waals surface area contributed by atoms with Gasteiger partial charge in [0.15, 0.2) is 5.82 Å². The van der Waals surface area contributed by atoms with Crippen molar-refractivity contribution in [3.05, 3.63) is 45.0 Å². The van der Waals surface area contributed by atoms with Gasteiger partial charge in [0.1, 0.15) is 11.7 Å². The Bertz CT molecular complexity index is 851. The highest BCUT2D eigenvalue weighted by molar-refractivity contribution is 5.94. The molecule has 2 aliphatic rings. The van der Waals surface area contributed by atoms with Crippen molar-refractivity contribution in [2.75, 3.05) is 13.2 Å². The van der Waals surface area contributed by atoms with Crippen molar-refractivity contribution in [1.29, 1.82) is 0 Å². The smallest absolute Gasteiger partial charge is 0.261 e. The van der Waals surface area contributed by atoms with Crippen molar-refractivity contribution >= 4 is 5.91 Å². The number of aromatic amines is 1. The molecule has 3 heterocycles. The Morgan fingerprint density at radius 3 is 3.04 bits per heavy atom. The number of rotatable bonds is 5. The fourth-order valence-corrected chi connectivity index (χ4v) is 3.50. The van der Waals surface area contributed by atoms with Crippen molar-refractivity contribution in [1.82, 2.24) is 20.4 Å². The fourth-order valence-electron chi connectivity index (χ4n) is 3.50. The third-order valence-electron chi connectivity index (χ3n) is 4.91. The molecule has 0 aromatic carbocycles. The van der Waals surface area contributed by atoms with E-state index >= 15 is 0 Å². The number of fused-ring (bicyclic) bond motifs is 1. The number of amides is 1. The molecule has 0 saturated carbocycles. The van der Waals surface area contributed by atoms with Crippen molar-refractivity contribution in [3.63, 3.8) is 0 Å². The number of ether oxygens (including phenoxy) is 1. The van der Waals surface area contributed by atoms with Crippen LogP contribution in [0.1, 0.15) is 65.1 Å². The average Bonchev–Trinajstić information content (AvgIpc) is 3.32. The number of nitrogens with one attached hydrogen (secondary N) is 2. The molecule has 2 aromatic rings. The maximum atomic E-state index is 12.3. The minimum Gasteiger partial charge on any atom is -0.368 e. The molecule has 2 aromatic heterocycles. The summed E-state index contributed by atoms with van der Waals surface area (Å²) in [5.74, 6) is 0.646. The third-order valence-corrected chi connectivity index (χ3v) is 4.91. The van der Waals surface area contributed by atoms with E-state index in [-0.39, 0.29) is 23.1 Å². The predicted octanol–water partition coefficient (Wildman–Crippen LogP) is 1.46. The van der Waals surface area contributed by atoms with Gasteiger partial charge in [-0.15, -0.1) is 0 Å². The first-order chi connectivity index (χ1) is 12.7. The van der Waals surface area contributed by atoms with E-state index in [1.807, 2.05) is 0 Å². The van der Waals surface area contributed by atoms with Gasteiger partial charge in [0, 0.05) is 25.3 Å². The Labute approximate surface area is 150 Å². The molecule has 0 spiro atoms. The summed E-state index contributed by atoms with van der Waals surface area (Å²) in [6.07, 6.45) is 6.15. The van der Waals surface area contributed by atoms with Crippen LogP contribution >= 0.6 is 0 Å². The average molecular weight is 358 g/mol. The molecule has 0 radical (unpaired) electrons. The molecule has 4 rings (SSSR count). The first-order valence-electron chi connectivity index (χ1n) is 9.18. The number of carbonyl (C=O) groups is 1. The molecule has 0 bridgehead atoms. The molecule has 138 valence electrons. The number of nitrogens with zero attached hydrogens (tertiary/aromatic N) is 2. The third kappa shape index (κ3) is 3.55. The van der Waals surface area contributed by atoms with E-state index in [1.54, 1.807) is 6.07 Å². The van der Waals surface area contributed by atoms with E-state index in [2.05, 4.69) is 20.4 Å². The van der Waals surface area contributed by atoms with Crippen LogP contribution in [-0.4, -0.2) is 34.2 Å². The van der Waals surface area contributed by atoms with E-state index in [1.165, 1.54) is 0 Å². The number of hydrogen-bond donors (Lipinski definition) is 2. The Balaban J connectivity index is 1.35. The normalized spacial score (nSPS) is 19.3. The molecule has 1 aliphatic heterocycles. The Morgan fingerprint density at radius 1 is 1.31 bits per heavy atom. The van der Waals surface area contributed by atoms with E-state index in [0.29, 0.717) is 31.3 Å². The van der Waals surface area contributed by atoms with Crippen molar-refractivity contribution in [2.24, 2.45) is 0 Å². The zero-order valence-corrected chi connectivity index (χ0v) is 14.5. The van der Waals surface area contributed by atoms with Gasteiger partial charge < -0.3 is 19.6 Å². The standard InChI is InChI=1S/C18H22N4O4/c23-16(12-10-11-4-1-2-5-13(11)20-17(12)24)19-8-7-15-21-18(26-22-15)14-6-3-9-25-14/h10,14H,1-9H2,(H,19,23)(H,20,24)/t14-/m1/s1. The SMILES string of the molecule is O=C(NCCc1noc([C@H]2CCCO2)n1)c1cc2c([nH]c1=O)CCCC2. The molecule has 8 heteroatoms. The van der Waals surface area contributed by atoms with Crippen LogP contribution in [0.2, 0.25) is 0 Å². The Hall–Kier alpha value is -2.48. The first kappa shape index (κ1) is 17.0. The van der Waals surface area contributed by atoms with Crippen LogP contribution in [0.3, 0.4) is 0 Å². The summed E-state index contributed by atoms with van der Waals surface area (Å²) in [5.41, 5.74) is 1.87. The zero-order valence-electron chi connectivity index (χ0n) is 14.5. The van der Waals surface area contributed by atoms with Gasteiger partial charge in [-0.25, -0.2) is 0 Å². The van der Waals surface area contributed by atoms with Gasteiger partial charge in [-0.2, -0.15) is 4.98 Å². The monoisotopic (exact) mass is 358 g/mol. The van der Waals surface area contributed by atoms with Gasteiger partial charge in [-0.1, -0.05) is 5.16 Å². The second kappa shape index (κ2) is 7.41. The maximum absolute atomic E-state index is 12.3. The molecule has 0 unspecified atom stereocenters. The molecule has 26 heavy (non-hydrogen) atoms. The lowest BCUT2D eigenvalue weighted by atomic mass is 9.95. The topological polar surface area (TPSA) is 110 Å².